The van der Waals surface area contributed by atoms with Crippen LogP contribution in [0.1, 0.15) is 60.2 Å². The molecule has 0 bridgehead atoms. The summed E-state index contributed by atoms with van der Waals surface area (Å²) in [5, 5.41) is 0. The van der Waals surface area contributed by atoms with Crippen LogP contribution in [0.2, 0.25) is 0 Å². The zero-order chi connectivity index (χ0) is 17.4. The van der Waals surface area contributed by atoms with Gasteiger partial charge in [-0.25, -0.2) is 9.13 Å². The molecule has 2 aromatic heterocycles. The standard InChI is InChI=1S/C20H26N2O2/c1-17(23)19-9-7-13-21(15-19)11-5-3-4-6-12-22-14-8-10-20(16-22)18(2)24/h7-10,13-16H,3-6,11-12H2,1-2H3/q+2. The van der Waals surface area contributed by atoms with Crippen LogP contribution in [-0.2, 0) is 13.1 Å². The molecule has 0 aliphatic carbocycles. The van der Waals surface area contributed by atoms with Crippen LogP contribution in [0.5, 0.6) is 0 Å². The van der Waals surface area contributed by atoms with Crippen LogP contribution in [0.4, 0.5) is 0 Å². The Hall–Kier alpha value is -2.36. The van der Waals surface area contributed by atoms with Crippen molar-refractivity contribution >= 4 is 11.6 Å². The van der Waals surface area contributed by atoms with Crippen LogP contribution in [-0.4, -0.2) is 11.6 Å². The van der Waals surface area contributed by atoms with Crippen molar-refractivity contribution < 1.29 is 18.7 Å². The highest BCUT2D eigenvalue weighted by molar-refractivity contribution is 5.93. The fourth-order valence-corrected chi connectivity index (χ4v) is 2.68. The molecular formula is C20H26N2O2+2. The number of rotatable bonds is 9. The molecule has 0 fully saturated rings. The average molecular weight is 326 g/mol. The van der Waals surface area contributed by atoms with E-state index < -0.39 is 0 Å². The van der Waals surface area contributed by atoms with Gasteiger partial charge in [-0.1, -0.05) is 0 Å². The lowest BCUT2D eigenvalue weighted by molar-refractivity contribution is -0.699. The van der Waals surface area contributed by atoms with Crippen molar-refractivity contribution in [3.63, 3.8) is 0 Å². The molecule has 126 valence electrons. The third-order valence-corrected chi connectivity index (χ3v) is 4.11. The average Bonchev–Trinajstić information content (AvgIpc) is 2.58. The van der Waals surface area contributed by atoms with Gasteiger partial charge in [-0.2, -0.15) is 0 Å². The molecule has 0 aromatic carbocycles. The van der Waals surface area contributed by atoms with Crippen molar-refractivity contribution in [2.75, 3.05) is 0 Å². The van der Waals surface area contributed by atoms with Gasteiger partial charge < -0.3 is 0 Å². The molecule has 0 amide bonds. The fourth-order valence-electron chi connectivity index (χ4n) is 2.68. The number of aryl methyl sites for hydroxylation is 2. The van der Waals surface area contributed by atoms with Crippen molar-refractivity contribution in [2.45, 2.75) is 52.6 Å². The van der Waals surface area contributed by atoms with Gasteiger partial charge in [-0.05, 0) is 38.8 Å². The molecule has 0 saturated heterocycles. The lowest BCUT2D eigenvalue weighted by Gasteiger charge is -2.00. The second-order valence-electron chi connectivity index (χ2n) is 6.19. The summed E-state index contributed by atoms with van der Waals surface area (Å²) in [6, 6.07) is 7.56. The third kappa shape index (κ3) is 5.69. The Morgan fingerprint density at radius 2 is 1.17 bits per heavy atom. The Balaban J connectivity index is 1.68. The maximum absolute atomic E-state index is 11.4. The lowest BCUT2D eigenvalue weighted by Crippen LogP contribution is -2.34. The number of unbranched alkanes of at least 4 members (excludes halogenated alkanes) is 3. The summed E-state index contributed by atoms with van der Waals surface area (Å²) in [6.45, 7) is 5.07. The van der Waals surface area contributed by atoms with E-state index in [4.69, 9.17) is 0 Å². The molecule has 24 heavy (non-hydrogen) atoms. The molecule has 0 unspecified atom stereocenters. The SMILES string of the molecule is CC(=O)c1ccc[n+](CCCCCC[n+]2cccc(C(C)=O)c2)c1. The van der Waals surface area contributed by atoms with Gasteiger partial charge in [0.25, 0.3) is 0 Å². The van der Waals surface area contributed by atoms with Crippen LogP contribution in [0.25, 0.3) is 0 Å². The molecule has 2 heterocycles. The van der Waals surface area contributed by atoms with E-state index in [1.807, 2.05) is 49.1 Å². The van der Waals surface area contributed by atoms with Gasteiger partial charge in [-0.15, -0.1) is 0 Å². The zero-order valence-electron chi connectivity index (χ0n) is 14.6. The van der Waals surface area contributed by atoms with Crippen LogP contribution in [0.15, 0.2) is 49.1 Å². The van der Waals surface area contributed by atoms with E-state index in [0.717, 1.165) is 49.9 Å². The maximum Gasteiger partial charge on any atom is 0.179 e. The first-order chi connectivity index (χ1) is 11.6. The minimum Gasteiger partial charge on any atom is -0.294 e. The first-order valence-corrected chi connectivity index (χ1v) is 8.56. The summed E-state index contributed by atoms with van der Waals surface area (Å²) < 4.78 is 4.17. The first kappa shape index (κ1) is 18.0. The first-order valence-electron chi connectivity index (χ1n) is 8.56. The fraction of sp³-hybridized carbons (Fsp3) is 0.400. The minimum absolute atomic E-state index is 0.106. The molecule has 0 saturated carbocycles. The number of aromatic nitrogens is 2. The molecule has 0 N–H and O–H groups in total. The van der Waals surface area contributed by atoms with Gasteiger partial charge >= 0.3 is 0 Å². The molecule has 0 aliphatic rings. The van der Waals surface area contributed by atoms with Gasteiger partial charge in [0.05, 0.1) is 11.1 Å². The monoisotopic (exact) mass is 326 g/mol. The highest BCUT2D eigenvalue weighted by Gasteiger charge is 2.07. The number of carbonyl (C=O) groups is 2. The van der Waals surface area contributed by atoms with Gasteiger partial charge in [0.1, 0.15) is 13.1 Å². The summed E-state index contributed by atoms with van der Waals surface area (Å²) in [5.74, 6) is 0.211. The van der Waals surface area contributed by atoms with E-state index in [1.54, 1.807) is 13.8 Å². The molecule has 4 heteroatoms. The number of hydrogen-bond donors (Lipinski definition) is 0. The van der Waals surface area contributed by atoms with Crippen molar-refractivity contribution in [2.24, 2.45) is 0 Å². The van der Waals surface area contributed by atoms with Crippen LogP contribution >= 0.6 is 0 Å². The van der Waals surface area contributed by atoms with E-state index >= 15 is 0 Å². The van der Waals surface area contributed by atoms with Gasteiger partial charge in [0.2, 0.25) is 0 Å². The molecular weight excluding hydrogens is 300 g/mol. The summed E-state index contributed by atoms with van der Waals surface area (Å²) in [6.07, 6.45) is 12.4. The van der Waals surface area contributed by atoms with E-state index in [2.05, 4.69) is 9.13 Å². The number of pyridine rings is 2. The Morgan fingerprint density at radius 1 is 0.750 bits per heavy atom. The molecule has 0 atom stereocenters. The summed E-state index contributed by atoms with van der Waals surface area (Å²) in [7, 11) is 0. The highest BCUT2D eigenvalue weighted by Crippen LogP contribution is 2.02. The molecule has 4 nitrogen and oxygen atoms in total. The smallest absolute Gasteiger partial charge is 0.179 e. The number of ketones is 2. The molecule has 2 rings (SSSR count). The highest BCUT2D eigenvalue weighted by atomic mass is 16.1. The van der Waals surface area contributed by atoms with E-state index in [9.17, 15) is 9.59 Å². The number of nitrogens with zero attached hydrogens (tertiary/aromatic N) is 2. The van der Waals surface area contributed by atoms with Crippen molar-refractivity contribution in [3.05, 3.63) is 60.2 Å². The molecule has 0 aliphatic heterocycles. The third-order valence-electron chi connectivity index (χ3n) is 4.11. The number of carbonyl (C=O) groups excluding carboxylic acids is 2. The zero-order valence-corrected chi connectivity index (χ0v) is 14.6. The molecule has 0 radical (unpaired) electrons. The van der Waals surface area contributed by atoms with Crippen LogP contribution in [0.3, 0.4) is 0 Å². The van der Waals surface area contributed by atoms with E-state index in [-0.39, 0.29) is 11.6 Å². The minimum atomic E-state index is 0.106. The second-order valence-corrected chi connectivity index (χ2v) is 6.19. The summed E-state index contributed by atoms with van der Waals surface area (Å²) >= 11 is 0. The molecule has 2 aromatic rings. The predicted octanol–water partition coefficient (Wildman–Crippen LogP) is 2.93. The molecule has 0 spiro atoms. The largest absolute Gasteiger partial charge is 0.294 e. The van der Waals surface area contributed by atoms with Crippen molar-refractivity contribution in [1.29, 1.82) is 0 Å². The van der Waals surface area contributed by atoms with Gasteiger partial charge in [0, 0.05) is 25.0 Å². The number of hydrogen-bond acceptors (Lipinski definition) is 2. The Kier molecular flexibility index (Phi) is 6.79. The van der Waals surface area contributed by atoms with E-state index in [0.29, 0.717) is 0 Å². The Morgan fingerprint density at radius 3 is 1.54 bits per heavy atom. The normalized spacial score (nSPS) is 10.6. The van der Waals surface area contributed by atoms with E-state index in [1.165, 1.54) is 0 Å². The van der Waals surface area contributed by atoms with Crippen molar-refractivity contribution in [3.8, 4) is 0 Å². The van der Waals surface area contributed by atoms with Gasteiger partial charge in [0.15, 0.2) is 36.4 Å². The summed E-state index contributed by atoms with van der Waals surface area (Å²) in [4.78, 5) is 22.8. The van der Waals surface area contributed by atoms with Crippen LogP contribution < -0.4 is 9.13 Å². The second kappa shape index (κ2) is 9.06. The summed E-state index contributed by atoms with van der Waals surface area (Å²) in [5.41, 5.74) is 1.53. The van der Waals surface area contributed by atoms with Crippen LogP contribution in [0, 0.1) is 0 Å². The lowest BCUT2D eigenvalue weighted by atomic mass is 10.1. The Bertz CT molecular complexity index is 649. The van der Waals surface area contributed by atoms with Crippen molar-refractivity contribution in [1.82, 2.24) is 0 Å². The quantitative estimate of drug-likeness (QED) is 0.404. The maximum atomic E-state index is 11.4. The van der Waals surface area contributed by atoms with Gasteiger partial charge in [-0.3, -0.25) is 9.59 Å². The topological polar surface area (TPSA) is 41.9 Å². The predicted molar refractivity (Wildman–Crippen MR) is 91.8 cm³/mol. The number of Topliss-reactive ketones (excluding diaryl/α,β-unsaturated/α-hetero) is 2. The Labute approximate surface area is 143 Å².